The van der Waals surface area contributed by atoms with Crippen LogP contribution in [0.15, 0.2) is 36.7 Å². The molecule has 3 rings (SSSR count). The molecule has 0 spiro atoms. The summed E-state index contributed by atoms with van der Waals surface area (Å²) in [6, 6.07) is 6.93. The predicted octanol–water partition coefficient (Wildman–Crippen LogP) is 4.25. The van der Waals surface area contributed by atoms with E-state index in [-0.39, 0.29) is 17.0 Å². The molecule has 0 N–H and O–H groups in total. The molecule has 0 amide bonds. The van der Waals surface area contributed by atoms with Gasteiger partial charge in [0.25, 0.3) is 0 Å². The van der Waals surface area contributed by atoms with Gasteiger partial charge in [-0.05, 0) is 77.8 Å². The van der Waals surface area contributed by atoms with Crippen molar-refractivity contribution in [3.05, 3.63) is 59.4 Å². The van der Waals surface area contributed by atoms with Gasteiger partial charge in [0.15, 0.2) is 5.78 Å². The van der Waals surface area contributed by atoms with Gasteiger partial charge in [0.2, 0.25) is 0 Å². The average molecular weight is 414 g/mol. The molecule has 162 valence electrons. The molecule has 30 heavy (non-hydrogen) atoms. The Morgan fingerprint density at radius 1 is 1.23 bits per heavy atom. The number of pyridine rings is 2. The van der Waals surface area contributed by atoms with Gasteiger partial charge in [-0.2, -0.15) is 0 Å². The van der Waals surface area contributed by atoms with E-state index in [4.69, 9.17) is 4.74 Å². The number of aromatic nitrogens is 2. The zero-order valence-electron chi connectivity index (χ0n) is 18.4. The molecule has 1 fully saturated rings. The van der Waals surface area contributed by atoms with E-state index in [1.165, 1.54) is 12.3 Å². The van der Waals surface area contributed by atoms with E-state index in [2.05, 4.69) is 14.9 Å². The molecule has 0 saturated carbocycles. The summed E-state index contributed by atoms with van der Waals surface area (Å²) in [5.74, 6) is -0.233. The Hall–Kier alpha value is -2.18. The van der Waals surface area contributed by atoms with Crippen LogP contribution in [-0.2, 0) is 11.2 Å². The highest BCUT2D eigenvalue weighted by Crippen LogP contribution is 2.39. The first-order chi connectivity index (χ1) is 14.3. The molecule has 6 heteroatoms. The van der Waals surface area contributed by atoms with Crippen LogP contribution >= 0.6 is 0 Å². The lowest BCUT2D eigenvalue weighted by atomic mass is 9.82. The van der Waals surface area contributed by atoms with Gasteiger partial charge < -0.3 is 4.74 Å². The molecule has 0 bridgehead atoms. The highest BCUT2D eigenvalue weighted by molar-refractivity contribution is 6.02. The highest BCUT2D eigenvalue weighted by atomic mass is 19.1. The fraction of sp³-hybridized carbons (Fsp3) is 0.542. The Morgan fingerprint density at radius 2 is 2.03 bits per heavy atom. The third-order valence-electron chi connectivity index (χ3n) is 6.27. The highest BCUT2D eigenvalue weighted by Gasteiger charge is 2.45. The molecule has 2 aromatic rings. The largest absolute Gasteiger partial charge is 0.381 e. The molecule has 1 atom stereocenters. The molecule has 0 radical (unpaired) electrons. The number of ketones is 1. The van der Waals surface area contributed by atoms with Crippen LogP contribution < -0.4 is 0 Å². The summed E-state index contributed by atoms with van der Waals surface area (Å²) < 4.78 is 19.0. The monoisotopic (exact) mass is 413 g/mol. The van der Waals surface area contributed by atoms with Gasteiger partial charge in [0.05, 0.1) is 18.3 Å². The van der Waals surface area contributed by atoms with Crippen LogP contribution in [0.3, 0.4) is 0 Å². The first-order valence-corrected chi connectivity index (χ1v) is 10.7. The zero-order valence-corrected chi connectivity index (χ0v) is 18.4. The van der Waals surface area contributed by atoms with Crippen molar-refractivity contribution in [3.8, 4) is 0 Å². The number of rotatable bonds is 9. The molecule has 0 aromatic carbocycles. The quantitative estimate of drug-likeness (QED) is 0.576. The van der Waals surface area contributed by atoms with Crippen molar-refractivity contribution in [1.29, 1.82) is 0 Å². The van der Waals surface area contributed by atoms with Crippen LogP contribution in [0.5, 0.6) is 0 Å². The standard InChI is InChI=1S/C24H32FN3O2/c1-5-30-17-24(11-10-21-9-8-20(25)15-27-21)12-13-28(16-24)23(3,4)22(29)19-7-6-18(2)26-14-19/h6-9,14-15H,5,10-13,16-17H2,1-4H3/t24-/m0/s1. The smallest absolute Gasteiger partial charge is 0.184 e. The van der Waals surface area contributed by atoms with E-state index in [9.17, 15) is 9.18 Å². The molecular weight excluding hydrogens is 381 g/mol. The van der Waals surface area contributed by atoms with E-state index in [0.29, 0.717) is 18.8 Å². The van der Waals surface area contributed by atoms with Crippen LogP contribution in [0.4, 0.5) is 4.39 Å². The number of carbonyl (C=O) groups is 1. The molecule has 2 aromatic heterocycles. The van der Waals surface area contributed by atoms with Crippen molar-refractivity contribution in [3.63, 3.8) is 0 Å². The Labute approximate surface area is 178 Å². The molecule has 5 nitrogen and oxygen atoms in total. The fourth-order valence-electron chi connectivity index (χ4n) is 4.17. The maximum absolute atomic E-state index is 13.2. The molecule has 0 unspecified atom stereocenters. The third-order valence-corrected chi connectivity index (χ3v) is 6.27. The van der Waals surface area contributed by atoms with Crippen molar-refractivity contribution >= 4 is 5.78 Å². The number of hydrogen-bond donors (Lipinski definition) is 0. The minimum absolute atomic E-state index is 0.0465. The van der Waals surface area contributed by atoms with Gasteiger partial charge in [-0.1, -0.05) is 0 Å². The maximum atomic E-state index is 13.2. The number of halogens is 1. The van der Waals surface area contributed by atoms with Crippen LogP contribution in [-0.4, -0.2) is 52.5 Å². The number of likely N-dealkylation sites (tertiary alicyclic amines) is 1. The molecule has 1 aliphatic rings. The van der Waals surface area contributed by atoms with Gasteiger partial charge in [-0.3, -0.25) is 19.7 Å². The molecular formula is C24H32FN3O2. The molecule has 1 aliphatic heterocycles. The second-order valence-corrected chi connectivity index (χ2v) is 8.85. The Bertz CT molecular complexity index is 852. The second kappa shape index (κ2) is 9.31. The van der Waals surface area contributed by atoms with Crippen LogP contribution in [0.1, 0.15) is 55.4 Å². The van der Waals surface area contributed by atoms with E-state index in [1.54, 1.807) is 12.3 Å². The second-order valence-electron chi connectivity index (χ2n) is 8.85. The lowest BCUT2D eigenvalue weighted by Gasteiger charge is -2.36. The van der Waals surface area contributed by atoms with E-state index >= 15 is 0 Å². The fourth-order valence-corrected chi connectivity index (χ4v) is 4.17. The summed E-state index contributed by atoms with van der Waals surface area (Å²) in [4.78, 5) is 24.0. The molecule has 0 aliphatic carbocycles. The Kier molecular flexibility index (Phi) is 6.98. The molecule has 1 saturated heterocycles. The van der Waals surface area contributed by atoms with E-state index in [1.807, 2.05) is 39.8 Å². The summed E-state index contributed by atoms with van der Waals surface area (Å²) in [6.45, 7) is 10.8. The van der Waals surface area contributed by atoms with Crippen LogP contribution in [0, 0.1) is 18.2 Å². The predicted molar refractivity (Wildman–Crippen MR) is 115 cm³/mol. The third kappa shape index (κ3) is 5.10. The Balaban J connectivity index is 1.73. The number of Topliss-reactive ketones (excluding diaryl/α,β-unsaturated/α-hetero) is 1. The number of carbonyl (C=O) groups excluding carboxylic acids is 1. The van der Waals surface area contributed by atoms with Gasteiger partial charge in [0.1, 0.15) is 5.82 Å². The maximum Gasteiger partial charge on any atom is 0.184 e. The summed E-state index contributed by atoms with van der Waals surface area (Å²) in [7, 11) is 0. The van der Waals surface area contributed by atoms with Gasteiger partial charge in [-0.15, -0.1) is 0 Å². The first kappa shape index (κ1) is 22.5. The van der Waals surface area contributed by atoms with Crippen molar-refractivity contribution in [2.75, 3.05) is 26.3 Å². The van der Waals surface area contributed by atoms with Crippen molar-refractivity contribution in [2.45, 2.75) is 52.5 Å². The van der Waals surface area contributed by atoms with Gasteiger partial charge in [0, 0.05) is 41.7 Å². The summed E-state index contributed by atoms with van der Waals surface area (Å²) in [6.07, 6.45) is 5.54. The van der Waals surface area contributed by atoms with Gasteiger partial charge >= 0.3 is 0 Å². The Morgan fingerprint density at radius 3 is 2.67 bits per heavy atom. The normalized spacial score (nSPS) is 19.9. The summed E-state index contributed by atoms with van der Waals surface area (Å²) in [5.41, 5.74) is 1.75. The van der Waals surface area contributed by atoms with Crippen molar-refractivity contribution in [2.24, 2.45) is 5.41 Å². The number of hydrogen-bond acceptors (Lipinski definition) is 5. The van der Waals surface area contributed by atoms with Crippen molar-refractivity contribution in [1.82, 2.24) is 14.9 Å². The SMILES string of the molecule is CCOC[C@@]1(CCc2ccc(F)cn2)CCN(C(C)(C)C(=O)c2ccc(C)nc2)C1. The number of ether oxygens (including phenoxy) is 1. The van der Waals surface area contributed by atoms with Crippen molar-refractivity contribution < 1.29 is 13.9 Å². The minimum atomic E-state index is -0.626. The minimum Gasteiger partial charge on any atom is -0.381 e. The van der Waals surface area contributed by atoms with E-state index in [0.717, 1.165) is 43.7 Å². The average Bonchev–Trinajstić information content (AvgIpc) is 3.17. The number of nitrogens with zero attached hydrogens (tertiary/aromatic N) is 3. The number of aryl methyl sites for hydroxylation is 2. The topological polar surface area (TPSA) is 55.3 Å². The summed E-state index contributed by atoms with van der Waals surface area (Å²) >= 11 is 0. The zero-order chi connectivity index (χ0) is 21.8. The first-order valence-electron chi connectivity index (χ1n) is 10.7. The van der Waals surface area contributed by atoms with E-state index < -0.39 is 5.54 Å². The summed E-state index contributed by atoms with van der Waals surface area (Å²) in [5, 5.41) is 0. The van der Waals surface area contributed by atoms with Gasteiger partial charge in [-0.25, -0.2) is 4.39 Å². The molecule has 3 heterocycles. The lowest BCUT2D eigenvalue weighted by Crippen LogP contribution is -2.50. The van der Waals surface area contributed by atoms with Crippen LogP contribution in [0.25, 0.3) is 0 Å². The lowest BCUT2D eigenvalue weighted by molar-refractivity contribution is 0.0369. The van der Waals surface area contributed by atoms with Crippen LogP contribution in [0.2, 0.25) is 0 Å².